The number of methoxy groups -OCH3 is 1. The summed E-state index contributed by atoms with van der Waals surface area (Å²) >= 11 is 0. The minimum absolute atomic E-state index is 0.0410. The van der Waals surface area contributed by atoms with E-state index < -0.39 is 6.04 Å². The Kier molecular flexibility index (Phi) is 4.61. The maximum Gasteiger partial charge on any atom is 0.327 e. The summed E-state index contributed by atoms with van der Waals surface area (Å²) in [6.45, 7) is 4.39. The third-order valence-electron chi connectivity index (χ3n) is 4.01. The molecule has 3 heteroatoms. The minimum Gasteiger partial charge on any atom is -0.468 e. The van der Waals surface area contributed by atoms with Crippen molar-refractivity contribution in [1.82, 2.24) is 5.32 Å². The first kappa shape index (κ1) is 14.8. The molecule has 1 aliphatic rings. The number of benzene rings is 1. The van der Waals surface area contributed by atoms with Gasteiger partial charge in [0.2, 0.25) is 0 Å². The number of rotatable bonds is 4. The Morgan fingerprint density at radius 3 is 2.65 bits per heavy atom. The quantitative estimate of drug-likeness (QED) is 0.676. The first-order valence-corrected chi connectivity index (χ1v) is 7.11. The van der Waals surface area contributed by atoms with Crippen LogP contribution in [0.15, 0.2) is 42.5 Å². The molecule has 0 amide bonds. The van der Waals surface area contributed by atoms with Crippen molar-refractivity contribution in [3.8, 4) is 0 Å². The van der Waals surface area contributed by atoms with Crippen molar-refractivity contribution in [3.63, 3.8) is 0 Å². The first-order chi connectivity index (χ1) is 9.54. The van der Waals surface area contributed by atoms with Gasteiger partial charge in [0.25, 0.3) is 0 Å². The molecule has 0 bridgehead atoms. The molecule has 1 aromatic rings. The molecule has 1 aromatic carbocycles. The van der Waals surface area contributed by atoms with Crippen molar-refractivity contribution < 1.29 is 9.53 Å². The van der Waals surface area contributed by atoms with Crippen LogP contribution in [-0.4, -0.2) is 19.1 Å². The highest BCUT2D eigenvalue weighted by molar-refractivity contribution is 5.77. The van der Waals surface area contributed by atoms with Crippen LogP contribution in [0.1, 0.15) is 38.3 Å². The van der Waals surface area contributed by atoms with Crippen LogP contribution in [0.25, 0.3) is 0 Å². The number of carbonyl (C=O) groups excluding carboxylic acids is 1. The largest absolute Gasteiger partial charge is 0.468 e. The van der Waals surface area contributed by atoms with E-state index in [9.17, 15) is 4.79 Å². The van der Waals surface area contributed by atoms with Crippen molar-refractivity contribution in [2.75, 3.05) is 7.11 Å². The molecule has 1 N–H and O–H groups in total. The summed E-state index contributed by atoms with van der Waals surface area (Å²) in [7, 11) is 1.44. The molecule has 0 saturated carbocycles. The van der Waals surface area contributed by atoms with Gasteiger partial charge in [-0.05, 0) is 23.8 Å². The molecule has 108 valence electrons. The van der Waals surface area contributed by atoms with Crippen LogP contribution in [0.4, 0.5) is 0 Å². The predicted molar refractivity (Wildman–Crippen MR) is 80.3 cm³/mol. The van der Waals surface area contributed by atoms with E-state index in [1.165, 1.54) is 7.11 Å². The van der Waals surface area contributed by atoms with E-state index in [1.54, 1.807) is 0 Å². The molecule has 0 unspecified atom stereocenters. The van der Waals surface area contributed by atoms with Gasteiger partial charge in [0.05, 0.1) is 7.11 Å². The molecule has 2 atom stereocenters. The van der Waals surface area contributed by atoms with Crippen LogP contribution >= 0.6 is 0 Å². The molecule has 0 fully saturated rings. The van der Waals surface area contributed by atoms with Crippen LogP contribution in [0.3, 0.4) is 0 Å². The van der Waals surface area contributed by atoms with Gasteiger partial charge in [0, 0.05) is 6.04 Å². The fourth-order valence-corrected chi connectivity index (χ4v) is 2.70. The molecule has 3 nitrogen and oxygen atoms in total. The smallest absolute Gasteiger partial charge is 0.327 e. The Morgan fingerprint density at radius 2 is 2.05 bits per heavy atom. The fraction of sp³-hybridized carbons (Fsp3) is 0.471. The zero-order valence-corrected chi connectivity index (χ0v) is 12.4. The van der Waals surface area contributed by atoms with E-state index in [0.29, 0.717) is 0 Å². The normalized spacial score (nSPS) is 22.2. The summed E-state index contributed by atoms with van der Waals surface area (Å²) in [6, 6.07) is 9.61. The van der Waals surface area contributed by atoms with E-state index in [2.05, 4.69) is 31.3 Å². The van der Waals surface area contributed by atoms with Gasteiger partial charge in [-0.2, -0.15) is 0 Å². The second kappa shape index (κ2) is 6.23. The van der Waals surface area contributed by atoms with Crippen LogP contribution in [-0.2, 0) is 9.53 Å². The van der Waals surface area contributed by atoms with Crippen LogP contribution in [0.5, 0.6) is 0 Å². The maximum atomic E-state index is 12.1. The Balaban J connectivity index is 2.21. The number of allylic oxidation sites excluding steroid dienone is 1. The first-order valence-electron chi connectivity index (χ1n) is 7.11. The lowest BCUT2D eigenvalue weighted by Crippen LogP contribution is -2.46. The molecule has 1 aliphatic carbocycles. The lowest BCUT2D eigenvalue weighted by atomic mass is 9.77. The average molecular weight is 273 g/mol. The van der Waals surface area contributed by atoms with Gasteiger partial charge in [-0.25, -0.2) is 4.79 Å². The van der Waals surface area contributed by atoms with E-state index in [-0.39, 0.29) is 17.4 Å². The predicted octanol–water partition coefficient (Wildman–Crippen LogP) is 3.24. The highest BCUT2D eigenvalue weighted by Crippen LogP contribution is 2.32. The van der Waals surface area contributed by atoms with Crippen LogP contribution in [0, 0.1) is 5.41 Å². The summed E-state index contributed by atoms with van der Waals surface area (Å²) in [5.74, 6) is -0.235. The molecular weight excluding hydrogens is 250 g/mol. The summed E-state index contributed by atoms with van der Waals surface area (Å²) in [5.41, 5.74) is 0.990. The molecular formula is C17H23NO2. The third-order valence-corrected chi connectivity index (χ3v) is 4.01. The topological polar surface area (TPSA) is 38.3 Å². The summed E-state index contributed by atoms with van der Waals surface area (Å²) in [5, 5.41) is 3.49. The molecule has 0 aromatic heterocycles. The standard InChI is InChI=1S/C17H23NO2/c1-17(2)12-8-7-11-14(17)18-15(16(19)20-3)13-9-5-4-6-10-13/h4-6,8-10,12,14-15,18H,7,11H2,1-3H3/t14-,15+/m1/s1. The minimum atomic E-state index is -0.406. The summed E-state index contributed by atoms with van der Waals surface area (Å²) in [4.78, 5) is 12.1. The second-order valence-corrected chi connectivity index (χ2v) is 5.89. The molecule has 0 saturated heterocycles. The fourth-order valence-electron chi connectivity index (χ4n) is 2.70. The summed E-state index contributed by atoms with van der Waals surface area (Å²) in [6.07, 6.45) is 6.52. The van der Waals surface area contributed by atoms with Gasteiger partial charge in [-0.15, -0.1) is 0 Å². The zero-order chi connectivity index (χ0) is 14.6. The zero-order valence-electron chi connectivity index (χ0n) is 12.4. The van der Waals surface area contributed by atoms with Gasteiger partial charge >= 0.3 is 5.97 Å². The number of esters is 1. The Bertz CT molecular complexity index is 479. The van der Waals surface area contributed by atoms with E-state index in [1.807, 2.05) is 30.3 Å². The van der Waals surface area contributed by atoms with Crippen molar-refractivity contribution in [1.29, 1.82) is 0 Å². The van der Waals surface area contributed by atoms with Crippen molar-refractivity contribution in [3.05, 3.63) is 48.0 Å². The average Bonchev–Trinajstić information content (AvgIpc) is 2.46. The van der Waals surface area contributed by atoms with Crippen molar-refractivity contribution in [2.24, 2.45) is 5.41 Å². The number of ether oxygens (including phenoxy) is 1. The lowest BCUT2D eigenvalue weighted by Gasteiger charge is -2.37. The highest BCUT2D eigenvalue weighted by atomic mass is 16.5. The maximum absolute atomic E-state index is 12.1. The molecule has 0 radical (unpaired) electrons. The lowest BCUT2D eigenvalue weighted by molar-refractivity contribution is -0.143. The SMILES string of the molecule is COC(=O)[C@@H](N[C@@H]1CCC=CC1(C)C)c1ccccc1. The van der Waals surface area contributed by atoms with E-state index >= 15 is 0 Å². The van der Waals surface area contributed by atoms with Crippen LogP contribution in [0.2, 0.25) is 0 Å². The van der Waals surface area contributed by atoms with Crippen LogP contribution < -0.4 is 5.32 Å². The van der Waals surface area contributed by atoms with Gasteiger partial charge in [0.15, 0.2) is 0 Å². The number of hydrogen-bond acceptors (Lipinski definition) is 3. The van der Waals surface area contributed by atoms with Gasteiger partial charge in [-0.3, -0.25) is 5.32 Å². The number of hydrogen-bond donors (Lipinski definition) is 1. The monoisotopic (exact) mass is 273 g/mol. The van der Waals surface area contributed by atoms with E-state index in [0.717, 1.165) is 18.4 Å². The number of nitrogens with one attached hydrogen (secondary N) is 1. The highest BCUT2D eigenvalue weighted by Gasteiger charge is 2.33. The molecule has 0 spiro atoms. The molecule has 0 heterocycles. The Labute approximate surface area is 121 Å². The van der Waals surface area contributed by atoms with Gasteiger partial charge in [-0.1, -0.05) is 56.3 Å². The third kappa shape index (κ3) is 3.28. The van der Waals surface area contributed by atoms with Crippen molar-refractivity contribution >= 4 is 5.97 Å². The van der Waals surface area contributed by atoms with Gasteiger partial charge in [0.1, 0.15) is 6.04 Å². The van der Waals surface area contributed by atoms with Gasteiger partial charge < -0.3 is 4.74 Å². The Hall–Kier alpha value is -1.61. The molecule has 2 rings (SSSR count). The second-order valence-electron chi connectivity index (χ2n) is 5.89. The summed E-state index contributed by atoms with van der Waals surface area (Å²) < 4.78 is 4.96. The van der Waals surface area contributed by atoms with E-state index in [4.69, 9.17) is 4.74 Å². The molecule has 0 aliphatic heterocycles. The Morgan fingerprint density at radius 1 is 1.35 bits per heavy atom. The number of carbonyl (C=O) groups is 1. The van der Waals surface area contributed by atoms with Crippen molar-refractivity contribution in [2.45, 2.75) is 38.8 Å². The molecule has 20 heavy (non-hydrogen) atoms.